The molecule has 0 aromatic carbocycles. The zero-order valence-electron chi connectivity index (χ0n) is 17.1. The van der Waals surface area contributed by atoms with Crippen LogP contribution in [-0.4, -0.2) is 52.4 Å². The lowest BCUT2D eigenvalue weighted by atomic mass is 9.94. The number of nitrogens with zero attached hydrogens (tertiary/aromatic N) is 2. The average Bonchev–Trinajstić information content (AvgIpc) is 2.73. The minimum atomic E-state index is -0.723. The fraction of sp³-hybridized carbons (Fsp3) is 0.619. The summed E-state index contributed by atoms with van der Waals surface area (Å²) in [4.78, 5) is 43.4. The van der Waals surface area contributed by atoms with Crippen LogP contribution in [0.4, 0.5) is 0 Å². The Balaban J connectivity index is 2.19. The van der Waals surface area contributed by atoms with Gasteiger partial charge in [-0.2, -0.15) is 0 Å². The van der Waals surface area contributed by atoms with E-state index in [1.54, 1.807) is 35.9 Å². The van der Waals surface area contributed by atoms with E-state index in [-0.39, 0.29) is 18.2 Å². The third-order valence-corrected chi connectivity index (χ3v) is 5.38. The van der Waals surface area contributed by atoms with Crippen LogP contribution < -0.4 is 10.8 Å². The SMILES string of the molecule is CN1CCCCCCCCC(CC(=O)NO)C(=O)NC(Cc2cccnc2)C1=O. The molecule has 8 nitrogen and oxygen atoms in total. The second-order valence-corrected chi connectivity index (χ2v) is 7.73. The quantitative estimate of drug-likeness (QED) is 0.524. The van der Waals surface area contributed by atoms with E-state index >= 15 is 0 Å². The molecule has 2 heterocycles. The highest BCUT2D eigenvalue weighted by atomic mass is 16.5. The van der Waals surface area contributed by atoms with Crippen LogP contribution in [0.1, 0.15) is 56.9 Å². The molecule has 29 heavy (non-hydrogen) atoms. The third-order valence-electron chi connectivity index (χ3n) is 5.38. The van der Waals surface area contributed by atoms with Crippen molar-refractivity contribution in [1.82, 2.24) is 20.7 Å². The van der Waals surface area contributed by atoms with Crippen molar-refractivity contribution in [1.29, 1.82) is 0 Å². The van der Waals surface area contributed by atoms with Crippen molar-refractivity contribution < 1.29 is 19.6 Å². The maximum Gasteiger partial charge on any atom is 0.245 e. The number of nitrogens with one attached hydrogen (secondary N) is 2. The van der Waals surface area contributed by atoms with Crippen LogP contribution in [0.25, 0.3) is 0 Å². The van der Waals surface area contributed by atoms with Gasteiger partial charge in [0.1, 0.15) is 6.04 Å². The van der Waals surface area contributed by atoms with Crippen LogP contribution in [-0.2, 0) is 20.8 Å². The van der Waals surface area contributed by atoms with Crippen LogP contribution in [0.3, 0.4) is 0 Å². The van der Waals surface area contributed by atoms with Gasteiger partial charge in [-0.1, -0.05) is 38.2 Å². The lowest BCUT2D eigenvalue weighted by Crippen LogP contribution is -2.50. The largest absolute Gasteiger partial charge is 0.344 e. The maximum atomic E-state index is 13.0. The number of hydrogen-bond acceptors (Lipinski definition) is 5. The van der Waals surface area contributed by atoms with Crippen LogP contribution in [0.5, 0.6) is 0 Å². The zero-order valence-corrected chi connectivity index (χ0v) is 17.1. The van der Waals surface area contributed by atoms with Gasteiger partial charge in [0.25, 0.3) is 0 Å². The molecule has 160 valence electrons. The topological polar surface area (TPSA) is 112 Å². The first-order chi connectivity index (χ1) is 14.0. The van der Waals surface area contributed by atoms with Crippen molar-refractivity contribution in [3.63, 3.8) is 0 Å². The van der Waals surface area contributed by atoms with Gasteiger partial charge in [0.05, 0.1) is 0 Å². The van der Waals surface area contributed by atoms with Crippen LogP contribution in [0.2, 0.25) is 0 Å². The Morgan fingerprint density at radius 3 is 2.66 bits per heavy atom. The van der Waals surface area contributed by atoms with E-state index in [1.807, 2.05) is 6.07 Å². The summed E-state index contributed by atoms with van der Waals surface area (Å²) in [7, 11) is 1.76. The summed E-state index contributed by atoms with van der Waals surface area (Å²) in [6, 6.07) is 2.94. The minimum Gasteiger partial charge on any atom is -0.344 e. The number of pyridine rings is 1. The number of carbonyl (C=O) groups is 3. The Bertz CT molecular complexity index is 668. The Labute approximate surface area is 172 Å². The molecule has 1 aliphatic rings. The third kappa shape index (κ3) is 7.81. The number of aromatic nitrogens is 1. The standard InChI is InChI=1S/C21H32N4O4/c1-25-12-7-5-3-2-4-6-10-17(14-19(26)24-29)20(27)23-18(21(25)28)13-16-9-8-11-22-15-16/h8-9,11,15,17-18,29H,2-7,10,12-14H2,1H3,(H,23,27)(H,24,26). The summed E-state index contributed by atoms with van der Waals surface area (Å²) in [5.74, 6) is -1.66. The van der Waals surface area contributed by atoms with Gasteiger partial charge in [0.15, 0.2) is 0 Å². The van der Waals surface area contributed by atoms with Crippen molar-refractivity contribution in [2.75, 3.05) is 13.6 Å². The molecule has 0 saturated carbocycles. The first kappa shape index (κ1) is 22.8. The maximum absolute atomic E-state index is 13.0. The molecule has 0 aliphatic carbocycles. The fourth-order valence-corrected chi connectivity index (χ4v) is 3.66. The summed E-state index contributed by atoms with van der Waals surface area (Å²) in [5.41, 5.74) is 2.45. The molecule has 2 atom stereocenters. The highest BCUT2D eigenvalue weighted by Crippen LogP contribution is 2.18. The summed E-state index contributed by atoms with van der Waals surface area (Å²) < 4.78 is 0. The highest BCUT2D eigenvalue weighted by molar-refractivity contribution is 5.90. The van der Waals surface area contributed by atoms with E-state index in [2.05, 4.69) is 10.3 Å². The van der Waals surface area contributed by atoms with E-state index in [4.69, 9.17) is 5.21 Å². The van der Waals surface area contributed by atoms with Gasteiger partial charge in [-0.15, -0.1) is 0 Å². The lowest BCUT2D eigenvalue weighted by molar-refractivity contribution is -0.138. The van der Waals surface area contributed by atoms with Crippen molar-refractivity contribution in [2.45, 2.75) is 63.8 Å². The Morgan fingerprint density at radius 1 is 1.24 bits per heavy atom. The first-order valence-corrected chi connectivity index (χ1v) is 10.4. The molecule has 1 aromatic rings. The van der Waals surface area contributed by atoms with Crippen LogP contribution in [0, 0.1) is 5.92 Å². The van der Waals surface area contributed by atoms with E-state index in [1.165, 1.54) is 0 Å². The summed E-state index contributed by atoms with van der Waals surface area (Å²) >= 11 is 0. The molecule has 0 spiro atoms. The van der Waals surface area contributed by atoms with Gasteiger partial charge in [-0.3, -0.25) is 24.6 Å². The van der Waals surface area contributed by atoms with Gasteiger partial charge in [-0.05, 0) is 24.5 Å². The molecular weight excluding hydrogens is 372 g/mol. The molecule has 1 saturated heterocycles. The second kappa shape index (κ2) is 12.2. The number of hydroxylamine groups is 1. The lowest BCUT2D eigenvalue weighted by Gasteiger charge is -2.27. The van der Waals surface area contributed by atoms with E-state index in [0.29, 0.717) is 19.4 Å². The van der Waals surface area contributed by atoms with Gasteiger partial charge < -0.3 is 10.2 Å². The molecule has 1 aliphatic heterocycles. The van der Waals surface area contributed by atoms with Crippen molar-refractivity contribution in [3.8, 4) is 0 Å². The van der Waals surface area contributed by atoms with Gasteiger partial charge in [0.2, 0.25) is 17.7 Å². The molecule has 3 N–H and O–H groups in total. The highest BCUT2D eigenvalue weighted by Gasteiger charge is 2.29. The number of rotatable bonds is 4. The monoisotopic (exact) mass is 404 g/mol. The van der Waals surface area contributed by atoms with Gasteiger partial charge >= 0.3 is 0 Å². The Kier molecular flexibility index (Phi) is 9.56. The molecule has 1 fully saturated rings. The van der Waals surface area contributed by atoms with Gasteiger partial charge in [-0.25, -0.2) is 5.48 Å². The zero-order chi connectivity index (χ0) is 21.1. The molecule has 3 amide bonds. The van der Waals surface area contributed by atoms with Crippen molar-refractivity contribution >= 4 is 17.7 Å². The molecule has 0 radical (unpaired) electrons. The van der Waals surface area contributed by atoms with E-state index in [9.17, 15) is 14.4 Å². The predicted octanol–water partition coefficient (Wildman–Crippen LogP) is 1.82. The molecule has 2 unspecified atom stereocenters. The Morgan fingerprint density at radius 2 is 1.97 bits per heavy atom. The summed E-state index contributed by atoms with van der Waals surface area (Å²) in [6.07, 6.45) is 10.1. The number of amides is 3. The Hall–Kier alpha value is -2.48. The minimum absolute atomic E-state index is 0.105. The van der Waals surface area contributed by atoms with Crippen molar-refractivity contribution in [3.05, 3.63) is 30.1 Å². The smallest absolute Gasteiger partial charge is 0.245 e. The van der Waals surface area contributed by atoms with E-state index < -0.39 is 17.9 Å². The number of carbonyl (C=O) groups excluding carboxylic acids is 3. The summed E-state index contributed by atoms with van der Waals surface area (Å²) in [5, 5.41) is 11.7. The molecule has 2 rings (SSSR count). The normalized spacial score (nSPS) is 22.5. The fourth-order valence-electron chi connectivity index (χ4n) is 3.66. The average molecular weight is 405 g/mol. The molecular formula is C21H32N4O4. The van der Waals surface area contributed by atoms with Gasteiger partial charge in [0, 0.05) is 44.7 Å². The predicted molar refractivity (Wildman–Crippen MR) is 108 cm³/mol. The number of likely N-dealkylation sites (N-methyl/N-ethyl adjacent to an activating group) is 1. The second-order valence-electron chi connectivity index (χ2n) is 7.73. The first-order valence-electron chi connectivity index (χ1n) is 10.4. The van der Waals surface area contributed by atoms with E-state index in [0.717, 1.165) is 44.1 Å². The van der Waals surface area contributed by atoms with Crippen LogP contribution >= 0.6 is 0 Å². The molecule has 0 bridgehead atoms. The summed E-state index contributed by atoms with van der Waals surface area (Å²) in [6.45, 7) is 0.647. The molecule has 8 heteroatoms. The number of hydrogen-bond donors (Lipinski definition) is 3. The van der Waals surface area contributed by atoms with Crippen LogP contribution in [0.15, 0.2) is 24.5 Å². The molecule has 1 aromatic heterocycles. The van der Waals surface area contributed by atoms with Crippen molar-refractivity contribution in [2.24, 2.45) is 5.92 Å².